The van der Waals surface area contributed by atoms with Crippen LogP contribution in [0.25, 0.3) is 0 Å². The zero-order valence-electron chi connectivity index (χ0n) is 43.8. The summed E-state index contributed by atoms with van der Waals surface area (Å²) in [5.41, 5.74) is 0. The predicted octanol–water partition coefficient (Wildman–Crippen LogP) is 19.1. The second-order valence-corrected chi connectivity index (χ2v) is 19.6. The van der Waals surface area contributed by atoms with Crippen LogP contribution in [-0.4, -0.2) is 37.2 Å². The molecule has 0 bridgehead atoms. The van der Waals surface area contributed by atoms with Gasteiger partial charge in [0.15, 0.2) is 6.10 Å². The van der Waals surface area contributed by atoms with E-state index in [1.807, 2.05) is 0 Å². The summed E-state index contributed by atoms with van der Waals surface area (Å²) in [4.78, 5) is 37.9. The molecule has 0 aromatic rings. The lowest BCUT2D eigenvalue weighted by atomic mass is 10.0. The van der Waals surface area contributed by atoms with Gasteiger partial charge in [0.1, 0.15) is 13.2 Å². The highest BCUT2D eigenvalue weighted by atomic mass is 16.6. The molecule has 0 saturated heterocycles. The maximum Gasteiger partial charge on any atom is 0.306 e. The molecule has 0 rings (SSSR count). The number of allylic oxidation sites excluding steroid dienone is 4. The van der Waals surface area contributed by atoms with Crippen LogP contribution in [0.4, 0.5) is 0 Å². The van der Waals surface area contributed by atoms with Crippen molar-refractivity contribution in [2.75, 3.05) is 13.2 Å². The molecule has 6 heteroatoms. The van der Waals surface area contributed by atoms with Gasteiger partial charge < -0.3 is 14.2 Å². The van der Waals surface area contributed by atoms with E-state index in [1.165, 1.54) is 186 Å². The summed E-state index contributed by atoms with van der Waals surface area (Å²) in [6.07, 6.45) is 63.5. The third kappa shape index (κ3) is 52.7. The monoisotopic (exact) mass is 915 g/mol. The van der Waals surface area contributed by atoms with Crippen LogP contribution in [0.2, 0.25) is 0 Å². The van der Waals surface area contributed by atoms with Gasteiger partial charge >= 0.3 is 17.9 Å². The molecule has 0 radical (unpaired) electrons. The third-order valence-electron chi connectivity index (χ3n) is 12.9. The van der Waals surface area contributed by atoms with Crippen molar-refractivity contribution in [2.45, 2.75) is 322 Å². The third-order valence-corrected chi connectivity index (χ3v) is 12.9. The molecule has 0 N–H and O–H groups in total. The van der Waals surface area contributed by atoms with Crippen molar-refractivity contribution in [2.24, 2.45) is 0 Å². The van der Waals surface area contributed by atoms with Crippen molar-refractivity contribution in [1.82, 2.24) is 0 Å². The smallest absolute Gasteiger partial charge is 0.306 e. The minimum Gasteiger partial charge on any atom is -0.462 e. The number of hydrogen-bond donors (Lipinski definition) is 0. The molecule has 0 aliphatic heterocycles. The van der Waals surface area contributed by atoms with Gasteiger partial charge in [0, 0.05) is 19.3 Å². The normalized spacial score (nSPS) is 12.1. The fourth-order valence-electron chi connectivity index (χ4n) is 8.57. The molecule has 1 unspecified atom stereocenters. The highest BCUT2D eigenvalue weighted by Gasteiger charge is 2.19. The Kier molecular flexibility index (Phi) is 52.7. The first-order chi connectivity index (χ1) is 32.0. The van der Waals surface area contributed by atoms with E-state index in [2.05, 4.69) is 45.1 Å². The van der Waals surface area contributed by atoms with Crippen molar-refractivity contribution in [3.05, 3.63) is 24.3 Å². The maximum absolute atomic E-state index is 12.7. The molecule has 0 aliphatic rings. The first-order valence-corrected chi connectivity index (χ1v) is 28.8. The van der Waals surface area contributed by atoms with E-state index in [9.17, 15) is 14.4 Å². The average molecular weight is 916 g/mol. The number of carbonyl (C=O) groups excluding carboxylic acids is 3. The summed E-state index contributed by atoms with van der Waals surface area (Å²) < 4.78 is 16.8. The molecule has 1 atom stereocenters. The van der Waals surface area contributed by atoms with Gasteiger partial charge in [-0.1, -0.05) is 263 Å². The Balaban J connectivity index is 4.04. The van der Waals surface area contributed by atoms with Gasteiger partial charge in [-0.25, -0.2) is 0 Å². The van der Waals surface area contributed by atoms with E-state index in [0.717, 1.165) is 89.9 Å². The Morgan fingerprint density at radius 2 is 0.538 bits per heavy atom. The van der Waals surface area contributed by atoms with Crippen LogP contribution < -0.4 is 0 Å². The van der Waals surface area contributed by atoms with Crippen LogP contribution in [0, 0.1) is 0 Å². The van der Waals surface area contributed by atoms with Crippen LogP contribution >= 0.6 is 0 Å². The summed E-state index contributed by atoms with van der Waals surface area (Å²) in [7, 11) is 0. The van der Waals surface area contributed by atoms with Crippen LogP contribution in [0.3, 0.4) is 0 Å². The zero-order chi connectivity index (χ0) is 47.2. The van der Waals surface area contributed by atoms with Gasteiger partial charge in [0.05, 0.1) is 0 Å². The van der Waals surface area contributed by atoms with Crippen LogP contribution in [0.1, 0.15) is 316 Å². The Morgan fingerprint density at radius 3 is 0.831 bits per heavy atom. The molecule has 0 spiro atoms. The number of hydrogen-bond acceptors (Lipinski definition) is 6. The summed E-state index contributed by atoms with van der Waals surface area (Å²) in [5.74, 6) is -0.882. The molecule has 0 aromatic heterocycles. The van der Waals surface area contributed by atoms with Crippen molar-refractivity contribution in [3.63, 3.8) is 0 Å². The molecular weight excluding hydrogens is 805 g/mol. The molecule has 0 amide bonds. The summed E-state index contributed by atoms with van der Waals surface area (Å²) in [6, 6.07) is 0. The predicted molar refractivity (Wildman–Crippen MR) is 279 cm³/mol. The average Bonchev–Trinajstić information content (AvgIpc) is 3.30. The molecule has 0 saturated carbocycles. The van der Waals surface area contributed by atoms with Gasteiger partial charge in [-0.3, -0.25) is 14.4 Å². The van der Waals surface area contributed by atoms with E-state index in [1.54, 1.807) is 0 Å². The Labute approximate surface area is 404 Å². The van der Waals surface area contributed by atoms with Crippen LogP contribution in [-0.2, 0) is 28.6 Å². The summed E-state index contributed by atoms with van der Waals surface area (Å²) in [5, 5.41) is 0. The Morgan fingerprint density at radius 1 is 0.292 bits per heavy atom. The molecule has 0 aromatic carbocycles. The fourth-order valence-corrected chi connectivity index (χ4v) is 8.57. The van der Waals surface area contributed by atoms with Gasteiger partial charge in [0.25, 0.3) is 0 Å². The van der Waals surface area contributed by atoms with E-state index >= 15 is 0 Å². The lowest BCUT2D eigenvalue weighted by Crippen LogP contribution is -2.30. The highest BCUT2D eigenvalue weighted by molar-refractivity contribution is 5.71. The second kappa shape index (κ2) is 54.5. The van der Waals surface area contributed by atoms with Crippen molar-refractivity contribution < 1.29 is 28.6 Å². The lowest BCUT2D eigenvalue weighted by molar-refractivity contribution is -0.167. The topological polar surface area (TPSA) is 78.9 Å². The molecular formula is C59H110O6. The fraction of sp³-hybridized carbons (Fsp3) is 0.881. The number of rotatable bonds is 53. The first-order valence-electron chi connectivity index (χ1n) is 28.8. The van der Waals surface area contributed by atoms with E-state index in [4.69, 9.17) is 14.2 Å². The number of carbonyl (C=O) groups is 3. The van der Waals surface area contributed by atoms with Crippen LogP contribution in [0.15, 0.2) is 24.3 Å². The quantitative estimate of drug-likeness (QED) is 0.0262. The Bertz CT molecular complexity index is 1050. The second-order valence-electron chi connectivity index (χ2n) is 19.6. The lowest BCUT2D eigenvalue weighted by Gasteiger charge is -2.18. The first kappa shape index (κ1) is 62.9. The van der Waals surface area contributed by atoms with E-state index < -0.39 is 6.10 Å². The Hall–Kier alpha value is -2.11. The number of esters is 3. The van der Waals surface area contributed by atoms with Crippen LogP contribution in [0.5, 0.6) is 0 Å². The number of unbranched alkanes of at least 4 members (excludes halogenated alkanes) is 38. The number of ether oxygens (including phenoxy) is 3. The molecule has 382 valence electrons. The van der Waals surface area contributed by atoms with Gasteiger partial charge in [-0.05, 0) is 57.8 Å². The van der Waals surface area contributed by atoms with Gasteiger partial charge in [0.2, 0.25) is 0 Å². The van der Waals surface area contributed by atoms with Crippen molar-refractivity contribution in [1.29, 1.82) is 0 Å². The molecule has 6 nitrogen and oxygen atoms in total. The minimum absolute atomic E-state index is 0.0738. The highest BCUT2D eigenvalue weighted by Crippen LogP contribution is 2.17. The van der Waals surface area contributed by atoms with Gasteiger partial charge in [-0.15, -0.1) is 0 Å². The minimum atomic E-state index is -0.773. The summed E-state index contributed by atoms with van der Waals surface area (Å²) in [6.45, 7) is 6.54. The molecule has 0 aliphatic carbocycles. The standard InChI is InChI=1S/C59H110O6/c1-4-7-10-13-16-19-22-23-24-25-26-27-28-29-30-31-32-33-34-35-36-37-38-41-43-46-49-52-58(61)64-55-56(65-59(62)53-50-47-44-40-21-18-15-12-9-6-3)54-63-57(60)51-48-45-42-39-20-17-14-11-8-5-2/h11-12,14-15,56H,4-10,13,16-55H2,1-3H3/b14-11-,15-12-. The largest absolute Gasteiger partial charge is 0.462 e. The summed E-state index contributed by atoms with van der Waals surface area (Å²) >= 11 is 0. The zero-order valence-corrected chi connectivity index (χ0v) is 43.8. The van der Waals surface area contributed by atoms with E-state index in [-0.39, 0.29) is 31.1 Å². The van der Waals surface area contributed by atoms with Crippen molar-refractivity contribution in [3.8, 4) is 0 Å². The van der Waals surface area contributed by atoms with E-state index in [0.29, 0.717) is 19.3 Å². The van der Waals surface area contributed by atoms with Crippen molar-refractivity contribution >= 4 is 17.9 Å². The molecule has 0 fully saturated rings. The molecule has 65 heavy (non-hydrogen) atoms. The van der Waals surface area contributed by atoms with Gasteiger partial charge in [-0.2, -0.15) is 0 Å². The maximum atomic E-state index is 12.7. The molecule has 0 heterocycles. The SMILES string of the molecule is CCC/C=C\CCCCCCCC(=O)OCC(COC(=O)CCCCCCCCCCCCCCCCCCCCCCCCCCCCC)OC(=O)CCCCCCC/C=C\CCC.